The monoisotopic (exact) mass is 353 g/mol. The van der Waals surface area contributed by atoms with Crippen LogP contribution in [-0.4, -0.2) is 15.1 Å². The van der Waals surface area contributed by atoms with Crippen LogP contribution in [0, 0.1) is 22.7 Å². The van der Waals surface area contributed by atoms with Crippen LogP contribution >= 0.6 is 11.3 Å². The van der Waals surface area contributed by atoms with Gasteiger partial charge in [0.15, 0.2) is 0 Å². The number of anilines is 1. The van der Waals surface area contributed by atoms with Crippen LogP contribution in [0.4, 0.5) is 5.82 Å². The number of aliphatic hydroxyl groups excluding tert-OH is 1. The summed E-state index contributed by atoms with van der Waals surface area (Å²) in [5, 5.41) is 34.1. The molecule has 3 rings (SSSR count). The number of hydrogen-bond acceptors (Lipinski definition) is 7. The number of rotatable bonds is 4. The summed E-state index contributed by atoms with van der Waals surface area (Å²) in [6.07, 6.45) is 6.08. The van der Waals surface area contributed by atoms with E-state index >= 15 is 0 Å². The highest BCUT2D eigenvalue weighted by atomic mass is 32.1. The summed E-state index contributed by atoms with van der Waals surface area (Å²) in [5.41, 5.74) is 3.30. The summed E-state index contributed by atoms with van der Waals surface area (Å²) in [6.45, 7) is 0.325. The van der Waals surface area contributed by atoms with Crippen molar-refractivity contribution in [1.29, 1.82) is 10.5 Å². The smallest absolute Gasteiger partial charge is 0.145 e. The SMILES string of the molecule is N#Cc1c(NCc2nc(CO)cs2)nc2c(c1C#N)CCCCCC2. The maximum Gasteiger partial charge on any atom is 0.145 e. The summed E-state index contributed by atoms with van der Waals surface area (Å²) in [6, 6.07) is 4.38. The van der Waals surface area contributed by atoms with Crippen LogP contribution in [0.5, 0.6) is 0 Å². The zero-order valence-electron chi connectivity index (χ0n) is 13.9. The molecule has 0 radical (unpaired) electrons. The summed E-state index contributed by atoms with van der Waals surface area (Å²) in [5.74, 6) is 0.458. The number of aromatic nitrogens is 2. The van der Waals surface area contributed by atoms with Gasteiger partial charge in [0.2, 0.25) is 0 Å². The van der Waals surface area contributed by atoms with Gasteiger partial charge in [0, 0.05) is 11.1 Å². The minimum Gasteiger partial charge on any atom is -0.390 e. The van der Waals surface area contributed by atoms with Crippen LogP contribution in [0.1, 0.15) is 58.8 Å². The van der Waals surface area contributed by atoms with Gasteiger partial charge in [0.1, 0.15) is 28.5 Å². The largest absolute Gasteiger partial charge is 0.390 e. The Bertz CT molecular complexity index is 846. The second kappa shape index (κ2) is 8.06. The molecule has 128 valence electrons. The van der Waals surface area contributed by atoms with Gasteiger partial charge in [0.05, 0.1) is 24.4 Å². The molecule has 2 N–H and O–H groups in total. The predicted molar refractivity (Wildman–Crippen MR) is 94.9 cm³/mol. The Labute approximate surface area is 150 Å². The number of aryl methyl sites for hydroxylation is 1. The molecule has 6 nitrogen and oxygen atoms in total. The van der Waals surface area contributed by atoms with E-state index in [-0.39, 0.29) is 6.61 Å². The number of nitrogens with one attached hydrogen (secondary N) is 1. The van der Waals surface area contributed by atoms with Crippen molar-refractivity contribution in [2.24, 2.45) is 0 Å². The molecule has 0 atom stereocenters. The lowest BCUT2D eigenvalue weighted by molar-refractivity contribution is 0.277. The van der Waals surface area contributed by atoms with E-state index < -0.39 is 0 Å². The molecule has 0 amide bonds. The first kappa shape index (κ1) is 17.3. The highest BCUT2D eigenvalue weighted by Crippen LogP contribution is 2.28. The van der Waals surface area contributed by atoms with Gasteiger partial charge in [-0.3, -0.25) is 0 Å². The van der Waals surface area contributed by atoms with Crippen molar-refractivity contribution in [2.75, 3.05) is 5.32 Å². The molecule has 1 aliphatic carbocycles. The van der Waals surface area contributed by atoms with Gasteiger partial charge in [0.25, 0.3) is 0 Å². The molecule has 0 saturated carbocycles. The number of nitriles is 2. The van der Waals surface area contributed by atoms with Crippen LogP contribution < -0.4 is 5.32 Å². The van der Waals surface area contributed by atoms with Crippen molar-refractivity contribution in [1.82, 2.24) is 9.97 Å². The van der Waals surface area contributed by atoms with Crippen molar-refractivity contribution >= 4 is 17.2 Å². The molecular weight excluding hydrogens is 334 g/mol. The molecule has 0 bridgehead atoms. The summed E-state index contributed by atoms with van der Waals surface area (Å²) >= 11 is 1.44. The second-order valence-electron chi connectivity index (χ2n) is 6.02. The summed E-state index contributed by atoms with van der Waals surface area (Å²) in [7, 11) is 0. The van der Waals surface area contributed by atoms with Crippen LogP contribution in [0.15, 0.2) is 5.38 Å². The fourth-order valence-corrected chi connectivity index (χ4v) is 3.84. The fraction of sp³-hybridized carbons (Fsp3) is 0.444. The molecule has 0 saturated heterocycles. The zero-order valence-corrected chi connectivity index (χ0v) is 14.7. The first-order valence-electron chi connectivity index (χ1n) is 8.40. The van der Waals surface area contributed by atoms with Gasteiger partial charge in [-0.25, -0.2) is 9.97 Å². The third kappa shape index (κ3) is 3.79. The molecule has 2 aromatic rings. The number of hydrogen-bond donors (Lipinski definition) is 2. The normalized spacial score (nSPS) is 13.9. The second-order valence-corrected chi connectivity index (χ2v) is 6.96. The quantitative estimate of drug-likeness (QED) is 0.875. The molecule has 0 fully saturated rings. The number of aliphatic hydroxyl groups is 1. The van der Waals surface area contributed by atoms with Crippen molar-refractivity contribution in [2.45, 2.75) is 51.7 Å². The predicted octanol–water partition coefficient (Wildman–Crippen LogP) is 3.04. The maximum absolute atomic E-state index is 9.62. The first-order chi connectivity index (χ1) is 12.3. The van der Waals surface area contributed by atoms with Crippen LogP contribution in [0.3, 0.4) is 0 Å². The molecule has 0 aromatic carbocycles. The molecule has 2 heterocycles. The van der Waals surface area contributed by atoms with Gasteiger partial charge in [-0.1, -0.05) is 12.8 Å². The number of thiazole rings is 1. The molecular formula is C18H19N5OS. The van der Waals surface area contributed by atoms with Gasteiger partial charge < -0.3 is 10.4 Å². The molecule has 2 aromatic heterocycles. The number of fused-ring (bicyclic) bond motifs is 1. The Morgan fingerprint density at radius 2 is 1.84 bits per heavy atom. The van der Waals surface area contributed by atoms with Gasteiger partial charge >= 0.3 is 0 Å². The molecule has 7 heteroatoms. The van der Waals surface area contributed by atoms with E-state index in [9.17, 15) is 10.5 Å². The average Bonchev–Trinajstić information content (AvgIpc) is 3.08. The first-order valence-corrected chi connectivity index (χ1v) is 9.28. The topological polar surface area (TPSA) is 106 Å². The van der Waals surface area contributed by atoms with Gasteiger partial charge in [-0.05, 0) is 31.2 Å². The van der Waals surface area contributed by atoms with Crippen LogP contribution in [0.2, 0.25) is 0 Å². The lowest BCUT2D eigenvalue weighted by Gasteiger charge is -2.17. The van der Waals surface area contributed by atoms with Gasteiger partial charge in [-0.2, -0.15) is 10.5 Å². The Morgan fingerprint density at radius 3 is 2.52 bits per heavy atom. The average molecular weight is 353 g/mol. The van der Waals surface area contributed by atoms with E-state index in [1.165, 1.54) is 17.8 Å². The minimum absolute atomic E-state index is 0.0877. The molecule has 25 heavy (non-hydrogen) atoms. The van der Waals surface area contributed by atoms with Crippen molar-refractivity contribution in [3.05, 3.63) is 38.5 Å². The Hall–Kier alpha value is -2.48. The fourth-order valence-electron chi connectivity index (χ4n) is 3.12. The van der Waals surface area contributed by atoms with E-state index in [4.69, 9.17) is 5.11 Å². The highest BCUT2D eigenvalue weighted by Gasteiger charge is 2.20. The third-order valence-electron chi connectivity index (χ3n) is 4.37. The lowest BCUT2D eigenvalue weighted by Crippen LogP contribution is -2.12. The number of nitrogens with zero attached hydrogens (tertiary/aromatic N) is 4. The maximum atomic E-state index is 9.62. The van der Waals surface area contributed by atoms with E-state index in [0.29, 0.717) is 29.2 Å². The molecule has 0 aliphatic heterocycles. The molecule has 0 unspecified atom stereocenters. The Balaban J connectivity index is 1.93. The van der Waals surface area contributed by atoms with Crippen molar-refractivity contribution in [3.63, 3.8) is 0 Å². The third-order valence-corrected chi connectivity index (χ3v) is 5.26. The molecule has 1 aliphatic rings. The zero-order chi connectivity index (χ0) is 17.6. The van der Waals surface area contributed by atoms with E-state index in [1.807, 2.05) is 0 Å². The Morgan fingerprint density at radius 1 is 1.08 bits per heavy atom. The van der Waals surface area contributed by atoms with Crippen molar-refractivity contribution < 1.29 is 5.11 Å². The van der Waals surface area contributed by atoms with E-state index in [1.54, 1.807) is 5.38 Å². The van der Waals surface area contributed by atoms with E-state index in [2.05, 4.69) is 27.4 Å². The standard InChI is InChI=1S/C18H19N5OS/c19-7-14-13-5-3-1-2-4-6-16(13)23-18(15(14)8-20)21-9-17-22-12(10-24)11-25-17/h11,24H,1-6,9-10H2,(H,21,23). The highest BCUT2D eigenvalue weighted by molar-refractivity contribution is 7.09. The van der Waals surface area contributed by atoms with Gasteiger partial charge in [-0.15, -0.1) is 11.3 Å². The summed E-state index contributed by atoms with van der Waals surface area (Å²) < 4.78 is 0. The number of pyridine rings is 1. The lowest BCUT2D eigenvalue weighted by atomic mass is 9.92. The molecule has 0 spiro atoms. The van der Waals surface area contributed by atoms with Crippen LogP contribution in [-0.2, 0) is 26.0 Å². The Kier molecular flexibility index (Phi) is 5.60. The van der Waals surface area contributed by atoms with E-state index in [0.717, 1.165) is 48.4 Å². The summed E-state index contributed by atoms with van der Waals surface area (Å²) in [4.78, 5) is 8.97. The minimum atomic E-state index is -0.0877. The van der Waals surface area contributed by atoms with Crippen LogP contribution in [0.25, 0.3) is 0 Å². The van der Waals surface area contributed by atoms with Crippen molar-refractivity contribution in [3.8, 4) is 12.1 Å².